The van der Waals surface area contributed by atoms with Gasteiger partial charge in [-0.3, -0.25) is 9.69 Å². The zero-order valence-corrected chi connectivity index (χ0v) is 13.1. The van der Waals surface area contributed by atoms with E-state index in [4.69, 9.17) is 0 Å². The number of amides is 3. The van der Waals surface area contributed by atoms with Gasteiger partial charge >= 0.3 is 6.03 Å². The van der Waals surface area contributed by atoms with Crippen molar-refractivity contribution in [3.05, 3.63) is 24.3 Å². The van der Waals surface area contributed by atoms with Gasteiger partial charge in [0.05, 0.1) is 6.04 Å². The monoisotopic (exact) mass is 324 g/mol. The summed E-state index contributed by atoms with van der Waals surface area (Å²) in [7, 11) is 0. The molecular formula is C15H21ClN4O2. The van der Waals surface area contributed by atoms with Gasteiger partial charge in [0.1, 0.15) is 0 Å². The van der Waals surface area contributed by atoms with Crippen LogP contribution in [0.15, 0.2) is 24.3 Å². The molecule has 2 aliphatic heterocycles. The highest BCUT2D eigenvalue weighted by atomic mass is 35.5. The van der Waals surface area contributed by atoms with Crippen molar-refractivity contribution in [1.29, 1.82) is 0 Å². The van der Waals surface area contributed by atoms with Gasteiger partial charge < -0.3 is 16.0 Å². The summed E-state index contributed by atoms with van der Waals surface area (Å²) >= 11 is 0. The number of nitrogens with one attached hydrogen (secondary N) is 3. The van der Waals surface area contributed by atoms with Gasteiger partial charge in [-0.05, 0) is 43.7 Å². The molecule has 1 aromatic carbocycles. The van der Waals surface area contributed by atoms with Gasteiger partial charge in [0.15, 0.2) is 0 Å². The molecule has 2 heterocycles. The SMILES string of the molecule is Cl.O=C(Nc1ccc(N2CCNC2=O)cc1)[C@H]1CCCCN1. The number of carbonyl (C=O) groups excluding carboxylic acids is 2. The second-order valence-electron chi connectivity index (χ2n) is 5.42. The van der Waals surface area contributed by atoms with E-state index in [2.05, 4.69) is 16.0 Å². The minimum Gasteiger partial charge on any atom is -0.336 e. The number of halogens is 1. The molecule has 2 aliphatic rings. The lowest BCUT2D eigenvalue weighted by molar-refractivity contribution is -0.118. The summed E-state index contributed by atoms with van der Waals surface area (Å²) in [5, 5.41) is 8.91. The third kappa shape index (κ3) is 3.69. The van der Waals surface area contributed by atoms with E-state index in [1.165, 1.54) is 0 Å². The standard InChI is InChI=1S/C15H20N4O2.ClH/c20-14(13-3-1-2-8-16-13)18-11-4-6-12(7-5-11)19-10-9-17-15(19)21;/h4-7,13,16H,1-3,8-10H2,(H,17,21)(H,18,20);1H/t13-;/m1./s1. The Kier molecular flexibility index (Phi) is 5.63. The van der Waals surface area contributed by atoms with Crippen LogP contribution in [0.1, 0.15) is 19.3 Å². The molecule has 6 nitrogen and oxygen atoms in total. The van der Waals surface area contributed by atoms with Crippen molar-refractivity contribution < 1.29 is 9.59 Å². The lowest BCUT2D eigenvalue weighted by Gasteiger charge is -2.22. The van der Waals surface area contributed by atoms with Crippen LogP contribution in [-0.4, -0.2) is 37.6 Å². The second kappa shape index (κ2) is 7.47. The van der Waals surface area contributed by atoms with Crippen molar-refractivity contribution in [2.75, 3.05) is 29.9 Å². The molecule has 120 valence electrons. The van der Waals surface area contributed by atoms with Gasteiger partial charge in [-0.1, -0.05) is 6.42 Å². The summed E-state index contributed by atoms with van der Waals surface area (Å²) in [6.07, 6.45) is 3.11. The first kappa shape index (κ1) is 16.6. The van der Waals surface area contributed by atoms with Crippen molar-refractivity contribution >= 4 is 35.7 Å². The molecule has 1 atom stereocenters. The summed E-state index contributed by atoms with van der Waals surface area (Å²) in [5.74, 6) is 0.0152. The summed E-state index contributed by atoms with van der Waals surface area (Å²) < 4.78 is 0. The maximum absolute atomic E-state index is 12.1. The first-order valence-electron chi connectivity index (χ1n) is 7.44. The Bertz CT molecular complexity index is 529. The first-order valence-corrected chi connectivity index (χ1v) is 7.44. The highest BCUT2D eigenvalue weighted by Crippen LogP contribution is 2.20. The van der Waals surface area contributed by atoms with Crippen LogP contribution in [0.25, 0.3) is 0 Å². The van der Waals surface area contributed by atoms with Gasteiger partial charge in [-0.25, -0.2) is 4.79 Å². The van der Waals surface area contributed by atoms with E-state index < -0.39 is 0 Å². The van der Waals surface area contributed by atoms with E-state index in [1.54, 1.807) is 4.90 Å². The van der Waals surface area contributed by atoms with Crippen LogP contribution in [0.3, 0.4) is 0 Å². The summed E-state index contributed by atoms with van der Waals surface area (Å²) in [6, 6.07) is 7.22. The van der Waals surface area contributed by atoms with E-state index in [0.29, 0.717) is 13.1 Å². The number of carbonyl (C=O) groups is 2. The highest BCUT2D eigenvalue weighted by molar-refractivity contribution is 5.96. The maximum Gasteiger partial charge on any atom is 0.321 e. The van der Waals surface area contributed by atoms with E-state index >= 15 is 0 Å². The van der Waals surface area contributed by atoms with Crippen molar-refractivity contribution in [2.24, 2.45) is 0 Å². The Morgan fingerprint density at radius 2 is 1.95 bits per heavy atom. The fraction of sp³-hybridized carbons (Fsp3) is 0.467. The predicted molar refractivity (Wildman–Crippen MR) is 88.7 cm³/mol. The van der Waals surface area contributed by atoms with E-state index in [-0.39, 0.29) is 30.4 Å². The topological polar surface area (TPSA) is 73.5 Å². The normalized spacial score (nSPS) is 21.0. The summed E-state index contributed by atoms with van der Waals surface area (Å²) in [6.45, 7) is 2.25. The Morgan fingerprint density at radius 3 is 2.55 bits per heavy atom. The fourth-order valence-electron chi connectivity index (χ4n) is 2.75. The molecule has 0 spiro atoms. The molecule has 7 heteroatoms. The van der Waals surface area contributed by atoms with Crippen molar-refractivity contribution in [3.8, 4) is 0 Å². The van der Waals surface area contributed by atoms with Crippen LogP contribution in [0.5, 0.6) is 0 Å². The molecule has 0 unspecified atom stereocenters. The zero-order chi connectivity index (χ0) is 14.7. The average molecular weight is 325 g/mol. The lowest BCUT2D eigenvalue weighted by Crippen LogP contribution is -2.43. The Balaban J connectivity index is 0.00000176. The van der Waals surface area contributed by atoms with Crippen LogP contribution >= 0.6 is 12.4 Å². The number of nitrogens with zero attached hydrogens (tertiary/aromatic N) is 1. The summed E-state index contributed by atoms with van der Waals surface area (Å²) in [5.41, 5.74) is 1.61. The van der Waals surface area contributed by atoms with Gasteiger partial charge in [-0.2, -0.15) is 0 Å². The molecule has 0 aromatic heterocycles. The molecular weight excluding hydrogens is 304 g/mol. The lowest BCUT2D eigenvalue weighted by atomic mass is 10.0. The van der Waals surface area contributed by atoms with E-state index in [1.807, 2.05) is 24.3 Å². The van der Waals surface area contributed by atoms with Crippen LogP contribution in [-0.2, 0) is 4.79 Å². The second-order valence-corrected chi connectivity index (χ2v) is 5.42. The first-order chi connectivity index (χ1) is 10.2. The van der Waals surface area contributed by atoms with Crippen LogP contribution in [0.2, 0.25) is 0 Å². The maximum atomic E-state index is 12.1. The molecule has 0 radical (unpaired) electrons. The van der Waals surface area contributed by atoms with Crippen molar-refractivity contribution in [2.45, 2.75) is 25.3 Å². The number of benzene rings is 1. The molecule has 0 bridgehead atoms. The number of anilines is 2. The van der Waals surface area contributed by atoms with Gasteiger partial charge in [0.25, 0.3) is 0 Å². The number of hydrogen-bond donors (Lipinski definition) is 3. The highest BCUT2D eigenvalue weighted by Gasteiger charge is 2.22. The molecule has 0 saturated carbocycles. The Labute approximate surface area is 136 Å². The smallest absolute Gasteiger partial charge is 0.321 e. The predicted octanol–water partition coefficient (Wildman–Crippen LogP) is 1.72. The molecule has 0 aliphatic carbocycles. The largest absolute Gasteiger partial charge is 0.336 e. The van der Waals surface area contributed by atoms with E-state index in [0.717, 1.165) is 37.2 Å². The number of rotatable bonds is 3. The minimum atomic E-state index is -0.0946. The van der Waals surface area contributed by atoms with Crippen molar-refractivity contribution in [1.82, 2.24) is 10.6 Å². The molecule has 3 N–H and O–H groups in total. The fourth-order valence-corrected chi connectivity index (χ4v) is 2.75. The number of hydrogen-bond acceptors (Lipinski definition) is 3. The molecule has 1 aromatic rings. The summed E-state index contributed by atoms with van der Waals surface area (Å²) in [4.78, 5) is 25.4. The molecule has 3 amide bonds. The zero-order valence-electron chi connectivity index (χ0n) is 12.3. The number of piperidine rings is 1. The molecule has 22 heavy (non-hydrogen) atoms. The van der Waals surface area contributed by atoms with Crippen molar-refractivity contribution in [3.63, 3.8) is 0 Å². The van der Waals surface area contributed by atoms with Gasteiger partial charge in [-0.15, -0.1) is 12.4 Å². The quantitative estimate of drug-likeness (QED) is 0.792. The van der Waals surface area contributed by atoms with Crippen LogP contribution < -0.4 is 20.9 Å². The molecule has 2 saturated heterocycles. The van der Waals surface area contributed by atoms with Gasteiger partial charge in [0, 0.05) is 24.5 Å². The Hall–Kier alpha value is -1.79. The third-order valence-corrected chi connectivity index (χ3v) is 3.93. The average Bonchev–Trinajstić information content (AvgIpc) is 2.95. The Morgan fingerprint density at radius 1 is 1.18 bits per heavy atom. The van der Waals surface area contributed by atoms with Crippen LogP contribution in [0, 0.1) is 0 Å². The number of urea groups is 1. The van der Waals surface area contributed by atoms with Gasteiger partial charge in [0.2, 0.25) is 5.91 Å². The third-order valence-electron chi connectivity index (χ3n) is 3.93. The minimum absolute atomic E-state index is 0. The molecule has 3 rings (SSSR count). The van der Waals surface area contributed by atoms with Crippen LogP contribution in [0.4, 0.5) is 16.2 Å². The molecule has 2 fully saturated rings. The van der Waals surface area contributed by atoms with E-state index in [9.17, 15) is 9.59 Å².